The predicted octanol–water partition coefficient (Wildman–Crippen LogP) is 0.991. The number of amides is 2. The highest BCUT2D eigenvalue weighted by atomic mass is 16.5. The summed E-state index contributed by atoms with van der Waals surface area (Å²) in [4.78, 5) is 25.7. The fourth-order valence-corrected chi connectivity index (χ4v) is 2.74. The van der Waals surface area contributed by atoms with Crippen LogP contribution in [-0.4, -0.2) is 56.7 Å². The van der Waals surface area contributed by atoms with Gasteiger partial charge in [0.25, 0.3) is 0 Å². The van der Waals surface area contributed by atoms with Crippen LogP contribution in [0.1, 0.15) is 18.4 Å². The topological polar surface area (TPSA) is 67.9 Å². The number of hydrogen-bond acceptors (Lipinski definition) is 4. The van der Waals surface area contributed by atoms with Crippen molar-refractivity contribution in [3.05, 3.63) is 29.8 Å². The second-order valence-corrected chi connectivity index (χ2v) is 5.68. The molecule has 1 aromatic carbocycles. The average Bonchev–Trinajstić information content (AvgIpc) is 2.56. The minimum absolute atomic E-state index is 0.0784. The van der Waals surface area contributed by atoms with Crippen molar-refractivity contribution in [3.8, 4) is 5.75 Å². The molecule has 0 aliphatic carbocycles. The Balaban J connectivity index is 1.80. The Bertz CT molecular complexity index is 539. The Morgan fingerprint density at radius 3 is 2.65 bits per heavy atom. The number of piperidine rings is 1. The van der Waals surface area contributed by atoms with Crippen LogP contribution in [-0.2, 0) is 20.7 Å². The van der Waals surface area contributed by atoms with E-state index < -0.39 is 0 Å². The van der Waals surface area contributed by atoms with E-state index in [0.717, 1.165) is 24.2 Å². The van der Waals surface area contributed by atoms with Crippen LogP contribution < -0.4 is 10.1 Å². The van der Waals surface area contributed by atoms with Gasteiger partial charge in [-0.15, -0.1) is 0 Å². The van der Waals surface area contributed by atoms with E-state index in [0.29, 0.717) is 19.5 Å². The molecule has 2 rings (SSSR count). The fraction of sp³-hybridized carbons (Fsp3) is 0.529. The molecule has 1 N–H and O–H groups in total. The lowest BCUT2D eigenvalue weighted by molar-refractivity contribution is -0.131. The van der Waals surface area contributed by atoms with Gasteiger partial charge in [-0.3, -0.25) is 9.59 Å². The maximum atomic E-state index is 12.4. The lowest BCUT2D eigenvalue weighted by atomic mass is 10.0. The van der Waals surface area contributed by atoms with Crippen LogP contribution >= 0.6 is 0 Å². The van der Waals surface area contributed by atoms with Gasteiger partial charge < -0.3 is 19.7 Å². The molecule has 0 unspecified atom stereocenters. The van der Waals surface area contributed by atoms with Crippen molar-refractivity contribution in [3.63, 3.8) is 0 Å². The lowest BCUT2D eigenvalue weighted by Gasteiger charge is -2.32. The Kier molecular flexibility index (Phi) is 6.40. The first kappa shape index (κ1) is 17.3. The molecular formula is C17H24N2O4. The zero-order valence-electron chi connectivity index (χ0n) is 13.7. The Morgan fingerprint density at radius 2 is 2.00 bits per heavy atom. The molecule has 6 nitrogen and oxygen atoms in total. The zero-order valence-corrected chi connectivity index (χ0v) is 13.7. The molecule has 2 amide bonds. The van der Waals surface area contributed by atoms with E-state index in [1.807, 2.05) is 29.2 Å². The first-order chi connectivity index (χ1) is 11.1. The number of benzene rings is 1. The summed E-state index contributed by atoms with van der Waals surface area (Å²) in [6.45, 7) is 1.41. The number of likely N-dealkylation sites (tertiary alicyclic amines) is 1. The normalized spacial score (nSPS) is 15.3. The minimum Gasteiger partial charge on any atom is -0.497 e. The highest BCUT2D eigenvalue weighted by Gasteiger charge is 2.23. The van der Waals surface area contributed by atoms with E-state index in [2.05, 4.69) is 5.32 Å². The first-order valence-corrected chi connectivity index (χ1v) is 7.81. The quantitative estimate of drug-likeness (QED) is 0.849. The number of hydrogen-bond donors (Lipinski definition) is 1. The smallest absolute Gasteiger partial charge is 0.246 e. The maximum absolute atomic E-state index is 12.4. The summed E-state index contributed by atoms with van der Waals surface area (Å²) in [6, 6.07) is 7.69. The predicted molar refractivity (Wildman–Crippen MR) is 86.3 cm³/mol. The molecule has 1 heterocycles. The third kappa shape index (κ3) is 5.25. The summed E-state index contributed by atoms with van der Waals surface area (Å²) in [5.74, 6) is 0.767. The maximum Gasteiger partial charge on any atom is 0.246 e. The van der Waals surface area contributed by atoms with Crippen molar-refractivity contribution in [2.75, 3.05) is 33.9 Å². The largest absolute Gasteiger partial charge is 0.497 e. The molecule has 1 aromatic rings. The van der Waals surface area contributed by atoms with Crippen molar-refractivity contribution in [1.29, 1.82) is 0 Å². The van der Waals surface area contributed by atoms with Gasteiger partial charge in [-0.1, -0.05) is 12.1 Å². The number of rotatable bonds is 6. The number of carbonyl (C=O) groups is 2. The number of ether oxygens (including phenoxy) is 2. The number of nitrogens with zero attached hydrogens (tertiary/aromatic N) is 1. The molecule has 1 saturated heterocycles. The number of methoxy groups -OCH3 is 2. The molecule has 126 valence electrons. The summed E-state index contributed by atoms with van der Waals surface area (Å²) in [5, 5.41) is 2.93. The van der Waals surface area contributed by atoms with Crippen LogP contribution in [0.15, 0.2) is 24.3 Å². The summed E-state index contributed by atoms with van der Waals surface area (Å²) in [5.41, 5.74) is 0.949. The van der Waals surface area contributed by atoms with Crippen LogP contribution in [0.5, 0.6) is 5.75 Å². The monoisotopic (exact) mass is 320 g/mol. The van der Waals surface area contributed by atoms with Gasteiger partial charge in [-0.25, -0.2) is 0 Å². The third-order valence-corrected chi connectivity index (χ3v) is 3.98. The van der Waals surface area contributed by atoms with E-state index in [9.17, 15) is 9.59 Å². The summed E-state index contributed by atoms with van der Waals surface area (Å²) in [7, 11) is 3.11. The van der Waals surface area contributed by atoms with Gasteiger partial charge >= 0.3 is 0 Å². The highest BCUT2D eigenvalue weighted by molar-refractivity contribution is 5.79. The molecule has 0 atom stereocenters. The van der Waals surface area contributed by atoms with Gasteiger partial charge in [-0.2, -0.15) is 0 Å². The molecule has 1 fully saturated rings. The molecule has 0 aromatic heterocycles. The van der Waals surface area contributed by atoms with Gasteiger partial charge in [0.15, 0.2) is 0 Å². The SMILES string of the molecule is COCC(=O)NC1CCN(C(=O)Cc2cccc(OC)c2)CC1. The van der Waals surface area contributed by atoms with Crippen LogP contribution in [0.2, 0.25) is 0 Å². The van der Waals surface area contributed by atoms with E-state index in [1.165, 1.54) is 7.11 Å². The molecule has 0 radical (unpaired) electrons. The van der Waals surface area contributed by atoms with Crippen molar-refractivity contribution in [2.45, 2.75) is 25.3 Å². The van der Waals surface area contributed by atoms with Gasteiger partial charge in [0.2, 0.25) is 11.8 Å². The van der Waals surface area contributed by atoms with E-state index in [4.69, 9.17) is 9.47 Å². The Labute approximate surface area is 136 Å². The van der Waals surface area contributed by atoms with E-state index in [-0.39, 0.29) is 24.5 Å². The molecule has 0 saturated carbocycles. The van der Waals surface area contributed by atoms with Crippen molar-refractivity contribution in [2.24, 2.45) is 0 Å². The second-order valence-electron chi connectivity index (χ2n) is 5.68. The van der Waals surface area contributed by atoms with Gasteiger partial charge in [0.1, 0.15) is 12.4 Å². The fourth-order valence-electron chi connectivity index (χ4n) is 2.74. The van der Waals surface area contributed by atoms with Crippen LogP contribution in [0.4, 0.5) is 0 Å². The Morgan fingerprint density at radius 1 is 1.26 bits per heavy atom. The highest BCUT2D eigenvalue weighted by Crippen LogP contribution is 2.16. The van der Waals surface area contributed by atoms with E-state index >= 15 is 0 Å². The molecule has 6 heteroatoms. The third-order valence-electron chi connectivity index (χ3n) is 3.98. The molecule has 23 heavy (non-hydrogen) atoms. The lowest BCUT2D eigenvalue weighted by Crippen LogP contribution is -2.47. The van der Waals surface area contributed by atoms with E-state index in [1.54, 1.807) is 7.11 Å². The van der Waals surface area contributed by atoms with Gasteiger partial charge in [0, 0.05) is 26.2 Å². The first-order valence-electron chi connectivity index (χ1n) is 7.81. The van der Waals surface area contributed by atoms with Gasteiger partial charge in [0.05, 0.1) is 13.5 Å². The summed E-state index contributed by atoms with van der Waals surface area (Å²) < 4.78 is 9.98. The molecule has 0 spiro atoms. The molecule has 1 aliphatic rings. The standard InChI is InChI=1S/C17H24N2O4/c1-22-12-16(20)18-14-6-8-19(9-7-14)17(21)11-13-4-3-5-15(10-13)23-2/h3-5,10,14H,6-9,11-12H2,1-2H3,(H,18,20). The van der Waals surface area contributed by atoms with Crippen LogP contribution in [0, 0.1) is 0 Å². The summed E-state index contributed by atoms with van der Waals surface area (Å²) >= 11 is 0. The minimum atomic E-state index is -0.103. The van der Waals surface area contributed by atoms with Crippen molar-refractivity contribution >= 4 is 11.8 Å². The molecule has 0 bridgehead atoms. The molecule has 1 aliphatic heterocycles. The number of nitrogens with one attached hydrogen (secondary N) is 1. The van der Waals surface area contributed by atoms with Crippen molar-refractivity contribution in [1.82, 2.24) is 10.2 Å². The number of carbonyl (C=O) groups excluding carboxylic acids is 2. The van der Waals surface area contributed by atoms with Gasteiger partial charge in [-0.05, 0) is 30.5 Å². The molecular weight excluding hydrogens is 296 g/mol. The van der Waals surface area contributed by atoms with Crippen LogP contribution in [0.25, 0.3) is 0 Å². The second kappa shape index (κ2) is 8.53. The Hall–Kier alpha value is -2.08. The average molecular weight is 320 g/mol. The van der Waals surface area contributed by atoms with Crippen molar-refractivity contribution < 1.29 is 19.1 Å². The summed E-state index contributed by atoms with van der Waals surface area (Å²) in [6.07, 6.45) is 1.93. The van der Waals surface area contributed by atoms with Crippen LogP contribution in [0.3, 0.4) is 0 Å². The zero-order chi connectivity index (χ0) is 16.7.